The highest BCUT2D eigenvalue weighted by Gasteiger charge is 2.23. The summed E-state index contributed by atoms with van der Waals surface area (Å²) in [7, 11) is 0. The number of non-ortho nitro benzene ring substituents is 1. The van der Waals surface area contributed by atoms with Crippen molar-refractivity contribution in [1.29, 1.82) is 0 Å². The molecule has 0 radical (unpaired) electrons. The van der Waals surface area contributed by atoms with Gasteiger partial charge in [0, 0.05) is 50.4 Å². The van der Waals surface area contributed by atoms with E-state index in [2.05, 4.69) is 10.2 Å². The number of carbonyl (C=O) groups is 1. The average Bonchev–Trinajstić information content (AvgIpc) is 2.67. The summed E-state index contributed by atoms with van der Waals surface area (Å²) in [6, 6.07) is 6.71. The van der Waals surface area contributed by atoms with E-state index < -0.39 is 0 Å². The molecule has 2 saturated heterocycles. The number of nitro benzene ring substituents is 1. The van der Waals surface area contributed by atoms with Crippen LogP contribution in [0.5, 0.6) is 0 Å². The third-order valence-corrected chi connectivity index (χ3v) is 5.26. The van der Waals surface area contributed by atoms with E-state index in [-0.39, 0.29) is 41.3 Å². The molecule has 2 aliphatic rings. The Morgan fingerprint density at radius 3 is 2.44 bits per heavy atom. The highest BCUT2D eigenvalue weighted by molar-refractivity contribution is 5.85. The Morgan fingerprint density at radius 1 is 1.15 bits per heavy atom. The molecule has 0 bridgehead atoms. The van der Waals surface area contributed by atoms with Gasteiger partial charge in [0.1, 0.15) is 0 Å². The molecule has 1 N–H and O–H groups in total. The van der Waals surface area contributed by atoms with Gasteiger partial charge in [-0.05, 0) is 44.3 Å². The van der Waals surface area contributed by atoms with Crippen molar-refractivity contribution >= 4 is 42.1 Å². The molecule has 2 fully saturated rings. The molecule has 0 spiro atoms. The molecule has 0 atom stereocenters. The van der Waals surface area contributed by atoms with Gasteiger partial charge in [-0.3, -0.25) is 14.9 Å². The summed E-state index contributed by atoms with van der Waals surface area (Å²) in [4.78, 5) is 27.0. The van der Waals surface area contributed by atoms with Crippen LogP contribution in [0.2, 0.25) is 0 Å². The summed E-state index contributed by atoms with van der Waals surface area (Å²) in [5, 5.41) is 14.3. The quantitative estimate of drug-likeness (QED) is 0.587. The fraction of sp³-hybridized carbons (Fsp3) is 0.611. The lowest BCUT2D eigenvalue weighted by Gasteiger charge is -2.36. The van der Waals surface area contributed by atoms with Crippen molar-refractivity contribution in [3.63, 3.8) is 0 Å². The molecule has 3 rings (SSSR count). The number of halogens is 2. The summed E-state index contributed by atoms with van der Waals surface area (Å²) in [6.45, 7) is 4.96. The summed E-state index contributed by atoms with van der Waals surface area (Å²) < 4.78 is 0. The van der Waals surface area contributed by atoms with E-state index in [9.17, 15) is 14.9 Å². The number of hydrogen-bond acceptors (Lipinski definition) is 5. The Morgan fingerprint density at radius 2 is 1.81 bits per heavy atom. The lowest BCUT2D eigenvalue weighted by atomic mass is 9.93. The minimum absolute atomic E-state index is 0. The Labute approximate surface area is 172 Å². The number of hydrogen-bond donors (Lipinski definition) is 1. The van der Waals surface area contributed by atoms with E-state index in [0.29, 0.717) is 25.4 Å². The molecule has 1 aromatic rings. The number of nitrogens with zero attached hydrogens (tertiary/aromatic N) is 3. The van der Waals surface area contributed by atoms with Crippen molar-refractivity contribution in [1.82, 2.24) is 10.2 Å². The second-order valence-electron chi connectivity index (χ2n) is 6.88. The second kappa shape index (κ2) is 11.3. The standard InChI is InChI=1S/C18H26N4O3.2ClH/c23-18(5-4-15-6-8-19-9-7-15)21-12-10-20(11-13-21)16-2-1-3-17(14-16)22(24)25;;/h1-3,14-15,19H,4-13H2;2*1H. The van der Waals surface area contributed by atoms with Crippen LogP contribution in [0.15, 0.2) is 24.3 Å². The summed E-state index contributed by atoms with van der Waals surface area (Å²) in [5.41, 5.74) is 0.967. The Balaban J connectivity index is 0.00000182. The van der Waals surface area contributed by atoms with Crippen molar-refractivity contribution < 1.29 is 9.72 Å². The minimum atomic E-state index is -0.371. The van der Waals surface area contributed by atoms with Crippen LogP contribution in [0, 0.1) is 16.0 Å². The van der Waals surface area contributed by atoms with Crippen LogP contribution in [0.3, 0.4) is 0 Å². The number of piperazine rings is 1. The zero-order chi connectivity index (χ0) is 17.6. The number of amides is 1. The number of nitro groups is 1. The van der Waals surface area contributed by atoms with Gasteiger partial charge < -0.3 is 15.1 Å². The van der Waals surface area contributed by atoms with Crippen molar-refractivity contribution in [2.45, 2.75) is 25.7 Å². The van der Waals surface area contributed by atoms with Gasteiger partial charge in [-0.15, -0.1) is 24.8 Å². The van der Waals surface area contributed by atoms with Crippen LogP contribution in [-0.4, -0.2) is 55.0 Å². The molecule has 1 amide bonds. The van der Waals surface area contributed by atoms with Gasteiger partial charge >= 0.3 is 0 Å². The minimum Gasteiger partial charge on any atom is -0.368 e. The molecule has 0 unspecified atom stereocenters. The molecule has 9 heteroatoms. The highest BCUT2D eigenvalue weighted by Crippen LogP contribution is 2.23. The van der Waals surface area contributed by atoms with E-state index in [1.165, 1.54) is 18.9 Å². The van der Waals surface area contributed by atoms with Gasteiger partial charge in [-0.1, -0.05) is 6.07 Å². The number of rotatable bonds is 5. The molecule has 0 saturated carbocycles. The van der Waals surface area contributed by atoms with Gasteiger partial charge in [0.2, 0.25) is 5.91 Å². The first-order valence-corrected chi connectivity index (χ1v) is 9.11. The van der Waals surface area contributed by atoms with E-state index >= 15 is 0 Å². The van der Waals surface area contributed by atoms with E-state index in [1.807, 2.05) is 11.0 Å². The summed E-state index contributed by atoms with van der Waals surface area (Å²) in [6.07, 6.45) is 3.98. The van der Waals surface area contributed by atoms with Crippen molar-refractivity contribution in [2.75, 3.05) is 44.2 Å². The van der Waals surface area contributed by atoms with Crippen LogP contribution in [-0.2, 0) is 4.79 Å². The normalized spacial score (nSPS) is 17.6. The monoisotopic (exact) mass is 418 g/mol. The predicted octanol–water partition coefficient (Wildman–Crippen LogP) is 2.87. The van der Waals surface area contributed by atoms with E-state index in [4.69, 9.17) is 0 Å². The topological polar surface area (TPSA) is 78.7 Å². The molecule has 1 aromatic carbocycles. The van der Waals surface area contributed by atoms with Crippen LogP contribution < -0.4 is 10.2 Å². The van der Waals surface area contributed by atoms with Crippen LogP contribution in [0.1, 0.15) is 25.7 Å². The van der Waals surface area contributed by atoms with Crippen molar-refractivity contribution in [2.24, 2.45) is 5.92 Å². The van der Waals surface area contributed by atoms with Crippen molar-refractivity contribution in [3.05, 3.63) is 34.4 Å². The molecular weight excluding hydrogens is 391 g/mol. The van der Waals surface area contributed by atoms with Gasteiger partial charge in [-0.25, -0.2) is 0 Å². The zero-order valence-electron chi connectivity index (χ0n) is 15.3. The van der Waals surface area contributed by atoms with Crippen molar-refractivity contribution in [3.8, 4) is 0 Å². The largest absolute Gasteiger partial charge is 0.368 e. The second-order valence-corrected chi connectivity index (χ2v) is 6.88. The Kier molecular flexibility index (Phi) is 9.83. The third-order valence-electron chi connectivity index (χ3n) is 5.26. The molecule has 152 valence electrons. The van der Waals surface area contributed by atoms with Gasteiger partial charge in [0.05, 0.1) is 4.92 Å². The molecule has 0 aliphatic carbocycles. The highest BCUT2D eigenvalue weighted by atomic mass is 35.5. The number of nitrogens with one attached hydrogen (secondary N) is 1. The van der Waals surface area contributed by atoms with Crippen LogP contribution in [0.4, 0.5) is 11.4 Å². The number of anilines is 1. The van der Waals surface area contributed by atoms with E-state index in [1.54, 1.807) is 12.1 Å². The predicted molar refractivity (Wildman–Crippen MR) is 111 cm³/mol. The number of carbonyl (C=O) groups excluding carboxylic acids is 1. The SMILES string of the molecule is Cl.Cl.O=C(CCC1CCNCC1)N1CCN(c2cccc([N+](=O)[O-])c2)CC1. The molecule has 2 heterocycles. The van der Waals surface area contributed by atoms with Gasteiger partial charge in [0.15, 0.2) is 0 Å². The zero-order valence-corrected chi connectivity index (χ0v) is 17.0. The Hall–Kier alpha value is -1.57. The maximum atomic E-state index is 12.4. The lowest BCUT2D eigenvalue weighted by molar-refractivity contribution is -0.384. The molecule has 7 nitrogen and oxygen atoms in total. The average molecular weight is 419 g/mol. The molecular formula is C18H28Cl2N4O3. The van der Waals surface area contributed by atoms with Gasteiger partial charge in [-0.2, -0.15) is 0 Å². The van der Waals surface area contributed by atoms with Crippen LogP contribution in [0.25, 0.3) is 0 Å². The lowest BCUT2D eigenvalue weighted by Crippen LogP contribution is -2.48. The molecule has 2 aliphatic heterocycles. The van der Waals surface area contributed by atoms with E-state index in [0.717, 1.165) is 38.3 Å². The molecule has 27 heavy (non-hydrogen) atoms. The molecule has 0 aromatic heterocycles. The number of benzene rings is 1. The first kappa shape index (κ1) is 23.5. The fourth-order valence-electron chi connectivity index (χ4n) is 3.67. The summed E-state index contributed by atoms with van der Waals surface area (Å²) in [5.74, 6) is 0.925. The third kappa shape index (κ3) is 6.52. The summed E-state index contributed by atoms with van der Waals surface area (Å²) >= 11 is 0. The number of piperidine rings is 1. The smallest absolute Gasteiger partial charge is 0.271 e. The first-order chi connectivity index (χ1) is 12.1. The Bertz CT molecular complexity index is 618. The van der Waals surface area contributed by atoms with Gasteiger partial charge in [0.25, 0.3) is 5.69 Å². The maximum absolute atomic E-state index is 12.4. The van der Waals surface area contributed by atoms with Crippen LogP contribution >= 0.6 is 24.8 Å². The fourth-order valence-corrected chi connectivity index (χ4v) is 3.67. The first-order valence-electron chi connectivity index (χ1n) is 9.11. The maximum Gasteiger partial charge on any atom is 0.271 e.